The molecule has 7 N–H and O–H groups in total. The number of aromatic nitrogens is 1. The number of aliphatic imine (C=N–C) groups is 1. The fourth-order valence-electron chi connectivity index (χ4n) is 1.97. The van der Waals surface area contributed by atoms with Crippen molar-refractivity contribution < 1.29 is 9.59 Å². The summed E-state index contributed by atoms with van der Waals surface area (Å²) in [5, 5.41) is 3.20. The molecular formula is C15H18N6O2S. The molecule has 1 heterocycles. The first-order valence-corrected chi connectivity index (χ1v) is 7.92. The largest absolute Gasteiger partial charge is 0.370 e. The number of aryl methyl sites for hydroxylation is 1. The van der Waals surface area contributed by atoms with Crippen LogP contribution < -0.4 is 22.5 Å². The van der Waals surface area contributed by atoms with E-state index in [4.69, 9.17) is 17.2 Å². The number of hydrogen-bond acceptors (Lipinski definition) is 5. The van der Waals surface area contributed by atoms with Gasteiger partial charge in [0, 0.05) is 18.5 Å². The van der Waals surface area contributed by atoms with Crippen LogP contribution in [-0.2, 0) is 9.59 Å². The Morgan fingerprint density at radius 2 is 1.83 bits per heavy atom. The molecule has 24 heavy (non-hydrogen) atoms. The van der Waals surface area contributed by atoms with Crippen LogP contribution in [-0.4, -0.2) is 22.8 Å². The number of carbonyl (C=O) groups excluding carboxylic acids is 2. The van der Waals surface area contributed by atoms with Gasteiger partial charge in [-0.1, -0.05) is 23.5 Å². The van der Waals surface area contributed by atoms with Crippen LogP contribution in [0.15, 0.2) is 29.3 Å². The van der Waals surface area contributed by atoms with E-state index in [0.717, 1.165) is 16.1 Å². The molecule has 126 valence electrons. The van der Waals surface area contributed by atoms with E-state index < -0.39 is 5.91 Å². The molecular weight excluding hydrogens is 328 g/mol. The summed E-state index contributed by atoms with van der Waals surface area (Å²) >= 11 is 1.37. The summed E-state index contributed by atoms with van der Waals surface area (Å²) in [5.74, 6) is -0.798. The second kappa shape index (κ2) is 7.55. The highest BCUT2D eigenvalue weighted by Gasteiger charge is 2.10. The number of amides is 2. The van der Waals surface area contributed by atoms with Crippen molar-refractivity contribution >= 4 is 39.9 Å². The monoisotopic (exact) mass is 346 g/mol. The van der Waals surface area contributed by atoms with Crippen LogP contribution in [0.4, 0.5) is 10.8 Å². The Labute approximate surface area is 142 Å². The van der Waals surface area contributed by atoms with Crippen molar-refractivity contribution in [2.24, 2.45) is 22.2 Å². The summed E-state index contributed by atoms with van der Waals surface area (Å²) in [6.07, 6.45) is 0.0878. The number of anilines is 1. The molecule has 0 aliphatic rings. The van der Waals surface area contributed by atoms with Crippen LogP contribution in [0.5, 0.6) is 0 Å². The van der Waals surface area contributed by atoms with Crippen LogP contribution in [0.2, 0.25) is 0 Å². The zero-order valence-corrected chi connectivity index (χ0v) is 13.9. The Hall–Kier alpha value is -2.94. The second-order valence-corrected chi connectivity index (χ2v) is 6.02. The Morgan fingerprint density at radius 1 is 1.17 bits per heavy atom. The molecule has 9 heteroatoms. The van der Waals surface area contributed by atoms with E-state index in [0.29, 0.717) is 10.8 Å². The Morgan fingerprint density at radius 3 is 2.42 bits per heavy atom. The number of nitrogens with two attached hydrogens (primary N) is 3. The molecule has 0 saturated heterocycles. The summed E-state index contributed by atoms with van der Waals surface area (Å²) in [5.41, 5.74) is 18.1. The molecule has 0 atom stereocenters. The highest BCUT2D eigenvalue weighted by molar-refractivity contribution is 7.18. The molecule has 8 nitrogen and oxygen atoms in total. The first kappa shape index (κ1) is 17.4. The standard InChI is InChI=1S/C15H18N6O2S/c1-8-13(24-15(19-8)21-14(17)18)9-2-4-10(5-3-9)20-12(23)7-6-11(16)22/h2-5H,6-7H2,1H3,(H2,16,22)(H,20,23)(H4,17,18,19,21). The fraction of sp³-hybridized carbons (Fsp3) is 0.200. The van der Waals surface area contributed by atoms with E-state index in [1.54, 1.807) is 12.1 Å². The minimum atomic E-state index is -0.502. The summed E-state index contributed by atoms with van der Waals surface area (Å²) in [4.78, 5) is 31.5. The van der Waals surface area contributed by atoms with Crippen LogP contribution in [0, 0.1) is 6.92 Å². The van der Waals surface area contributed by atoms with E-state index >= 15 is 0 Å². The lowest BCUT2D eigenvalue weighted by atomic mass is 10.1. The Balaban J connectivity index is 2.09. The minimum Gasteiger partial charge on any atom is -0.370 e. The molecule has 0 unspecified atom stereocenters. The maximum Gasteiger partial charge on any atom is 0.224 e. The van der Waals surface area contributed by atoms with Gasteiger partial charge in [0.1, 0.15) is 0 Å². The van der Waals surface area contributed by atoms with Crippen molar-refractivity contribution in [2.45, 2.75) is 19.8 Å². The first-order valence-electron chi connectivity index (χ1n) is 7.11. The zero-order valence-electron chi connectivity index (χ0n) is 13.1. The highest BCUT2D eigenvalue weighted by Crippen LogP contribution is 2.34. The first-order chi connectivity index (χ1) is 11.3. The number of benzene rings is 1. The van der Waals surface area contributed by atoms with Crippen molar-refractivity contribution in [1.29, 1.82) is 0 Å². The fourth-order valence-corrected chi connectivity index (χ4v) is 2.94. The number of carbonyl (C=O) groups is 2. The third-order valence-corrected chi connectivity index (χ3v) is 4.14. The van der Waals surface area contributed by atoms with Gasteiger partial charge in [0.25, 0.3) is 0 Å². The van der Waals surface area contributed by atoms with Crippen LogP contribution in [0.3, 0.4) is 0 Å². The van der Waals surface area contributed by atoms with Crippen LogP contribution in [0.25, 0.3) is 10.4 Å². The van der Waals surface area contributed by atoms with Gasteiger partial charge in [-0.2, -0.15) is 4.99 Å². The van der Waals surface area contributed by atoms with Gasteiger partial charge in [0.2, 0.25) is 16.9 Å². The lowest BCUT2D eigenvalue weighted by Gasteiger charge is -2.05. The van der Waals surface area contributed by atoms with Gasteiger partial charge in [-0.25, -0.2) is 4.98 Å². The quantitative estimate of drug-likeness (QED) is 0.458. The van der Waals surface area contributed by atoms with Crippen molar-refractivity contribution in [1.82, 2.24) is 4.98 Å². The van der Waals surface area contributed by atoms with Gasteiger partial charge >= 0.3 is 0 Å². The molecule has 1 aromatic carbocycles. The number of primary amides is 1. The summed E-state index contributed by atoms with van der Waals surface area (Å²) < 4.78 is 0. The van der Waals surface area contributed by atoms with E-state index in [2.05, 4.69) is 15.3 Å². The lowest BCUT2D eigenvalue weighted by molar-refractivity contribution is -0.122. The molecule has 2 rings (SSSR count). The minimum absolute atomic E-state index is 0.0253. The smallest absolute Gasteiger partial charge is 0.224 e. The van der Waals surface area contributed by atoms with E-state index in [1.807, 2.05) is 19.1 Å². The molecule has 0 bridgehead atoms. The Bertz CT molecular complexity index is 778. The van der Waals surface area contributed by atoms with E-state index in [9.17, 15) is 9.59 Å². The molecule has 0 aliphatic heterocycles. The molecule has 2 amide bonds. The van der Waals surface area contributed by atoms with E-state index in [1.165, 1.54) is 11.3 Å². The third-order valence-electron chi connectivity index (χ3n) is 3.04. The molecule has 0 radical (unpaired) electrons. The lowest BCUT2D eigenvalue weighted by Crippen LogP contribution is -2.21. The summed E-state index contributed by atoms with van der Waals surface area (Å²) in [6, 6.07) is 7.28. The van der Waals surface area contributed by atoms with Gasteiger partial charge < -0.3 is 22.5 Å². The average Bonchev–Trinajstić information content (AvgIpc) is 2.85. The maximum atomic E-state index is 11.7. The number of hydrogen-bond donors (Lipinski definition) is 4. The van der Waals surface area contributed by atoms with Gasteiger partial charge in [0.05, 0.1) is 10.6 Å². The van der Waals surface area contributed by atoms with Gasteiger partial charge in [-0.05, 0) is 24.6 Å². The summed E-state index contributed by atoms with van der Waals surface area (Å²) in [7, 11) is 0. The average molecular weight is 346 g/mol. The molecule has 1 aromatic heterocycles. The van der Waals surface area contributed by atoms with Gasteiger partial charge in [-0.15, -0.1) is 0 Å². The van der Waals surface area contributed by atoms with Gasteiger partial charge in [0.15, 0.2) is 5.96 Å². The van der Waals surface area contributed by atoms with Crippen LogP contribution in [0.1, 0.15) is 18.5 Å². The predicted octanol–water partition coefficient (Wildman–Crippen LogP) is 1.23. The van der Waals surface area contributed by atoms with Crippen molar-refractivity contribution in [3.05, 3.63) is 30.0 Å². The molecule has 0 aliphatic carbocycles. The van der Waals surface area contributed by atoms with E-state index in [-0.39, 0.29) is 24.7 Å². The number of rotatable bonds is 6. The molecule has 0 saturated carbocycles. The highest BCUT2D eigenvalue weighted by atomic mass is 32.1. The number of nitrogens with zero attached hydrogens (tertiary/aromatic N) is 2. The topological polar surface area (TPSA) is 149 Å². The van der Waals surface area contributed by atoms with Gasteiger partial charge in [-0.3, -0.25) is 9.59 Å². The van der Waals surface area contributed by atoms with Crippen LogP contribution >= 0.6 is 11.3 Å². The second-order valence-electron chi connectivity index (χ2n) is 5.04. The molecule has 0 spiro atoms. The zero-order chi connectivity index (χ0) is 17.7. The van der Waals surface area contributed by atoms with Crippen molar-refractivity contribution in [3.8, 4) is 10.4 Å². The predicted molar refractivity (Wildman–Crippen MR) is 94.8 cm³/mol. The van der Waals surface area contributed by atoms with Crippen molar-refractivity contribution in [2.75, 3.05) is 5.32 Å². The number of nitrogens with one attached hydrogen (secondary N) is 1. The SMILES string of the molecule is Cc1nc(N=C(N)N)sc1-c1ccc(NC(=O)CCC(N)=O)cc1. The number of guanidine groups is 1. The Kier molecular flexibility index (Phi) is 5.48. The maximum absolute atomic E-state index is 11.7. The third kappa shape index (κ3) is 4.78. The molecule has 0 fully saturated rings. The molecule has 2 aromatic rings. The normalized spacial score (nSPS) is 10.2. The number of thiazole rings is 1. The van der Waals surface area contributed by atoms with Crippen molar-refractivity contribution in [3.63, 3.8) is 0 Å². The summed E-state index contributed by atoms with van der Waals surface area (Å²) in [6.45, 7) is 1.87.